The van der Waals surface area contributed by atoms with Gasteiger partial charge < -0.3 is 14.8 Å². The number of carbonyl (C=O) groups excluding carboxylic acids is 1. The summed E-state index contributed by atoms with van der Waals surface area (Å²) in [5, 5.41) is 3.00. The van der Waals surface area contributed by atoms with Crippen LogP contribution in [0.1, 0.15) is 12.8 Å². The Morgan fingerprint density at radius 1 is 1.26 bits per heavy atom. The smallest absolute Gasteiger partial charge is 0.250 e. The topological polar surface area (TPSA) is 80.1 Å². The summed E-state index contributed by atoms with van der Waals surface area (Å²) in [5.74, 6) is 0.532. The maximum absolute atomic E-state index is 12.2. The van der Waals surface area contributed by atoms with E-state index in [2.05, 4.69) is 20.2 Å². The van der Waals surface area contributed by atoms with Gasteiger partial charge in [0.25, 0.3) is 5.56 Å². The van der Waals surface area contributed by atoms with Crippen LogP contribution in [-0.4, -0.2) is 39.6 Å². The van der Waals surface area contributed by atoms with Gasteiger partial charge in [-0.05, 0) is 25.0 Å². The number of pyridine rings is 1. The van der Waals surface area contributed by atoms with Gasteiger partial charge in [-0.15, -0.1) is 0 Å². The van der Waals surface area contributed by atoms with E-state index in [0.29, 0.717) is 12.5 Å². The molecule has 1 amide bonds. The first-order chi connectivity index (χ1) is 11.2. The van der Waals surface area contributed by atoms with Gasteiger partial charge in [-0.2, -0.15) is 0 Å². The normalized spacial score (nSPS) is 17.7. The van der Waals surface area contributed by atoms with Crippen LogP contribution < -0.4 is 15.8 Å². The molecule has 1 aliphatic heterocycles. The van der Waals surface area contributed by atoms with Crippen LogP contribution in [0.4, 0.5) is 5.95 Å². The van der Waals surface area contributed by atoms with Gasteiger partial charge in [0.15, 0.2) is 0 Å². The summed E-state index contributed by atoms with van der Waals surface area (Å²) in [6, 6.07) is 6.67. The van der Waals surface area contributed by atoms with Gasteiger partial charge in [0.2, 0.25) is 11.9 Å². The average Bonchev–Trinajstić information content (AvgIpc) is 2.58. The number of nitrogens with one attached hydrogen (secondary N) is 1. The molecule has 0 bridgehead atoms. The van der Waals surface area contributed by atoms with Crippen molar-refractivity contribution in [3.8, 4) is 0 Å². The first-order valence-electron chi connectivity index (χ1n) is 7.69. The number of carbonyl (C=O) groups is 1. The third-order valence-electron chi connectivity index (χ3n) is 3.83. The maximum Gasteiger partial charge on any atom is 0.250 e. The Hall–Kier alpha value is -2.70. The van der Waals surface area contributed by atoms with Crippen LogP contribution in [0, 0.1) is 0 Å². The minimum atomic E-state index is -0.175. The molecule has 0 radical (unpaired) electrons. The number of nitrogens with zero attached hydrogens (tertiary/aromatic N) is 4. The molecule has 1 saturated heterocycles. The van der Waals surface area contributed by atoms with Crippen LogP contribution in [0.15, 0.2) is 47.7 Å². The Bertz CT molecular complexity index is 716. The summed E-state index contributed by atoms with van der Waals surface area (Å²) >= 11 is 0. The molecule has 23 heavy (non-hydrogen) atoms. The molecular weight excluding hydrogens is 294 g/mol. The van der Waals surface area contributed by atoms with Crippen LogP contribution >= 0.6 is 0 Å². The molecule has 120 valence electrons. The van der Waals surface area contributed by atoms with Gasteiger partial charge in [-0.3, -0.25) is 9.59 Å². The molecule has 0 saturated carbocycles. The predicted molar refractivity (Wildman–Crippen MR) is 86.1 cm³/mol. The Labute approximate surface area is 134 Å². The summed E-state index contributed by atoms with van der Waals surface area (Å²) in [6.07, 6.45) is 6.93. The highest BCUT2D eigenvalue weighted by atomic mass is 16.2. The van der Waals surface area contributed by atoms with Gasteiger partial charge >= 0.3 is 0 Å². The van der Waals surface area contributed by atoms with Crippen molar-refractivity contribution in [3.05, 3.63) is 53.2 Å². The Morgan fingerprint density at radius 3 is 2.87 bits per heavy atom. The van der Waals surface area contributed by atoms with E-state index in [1.165, 1.54) is 10.6 Å². The molecule has 2 aromatic rings. The van der Waals surface area contributed by atoms with Crippen LogP contribution in [0.25, 0.3) is 0 Å². The summed E-state index contributed by atoms with van der Waals surface area (Å²) in [7, 11) is 0. The molecule has 7 heteroatoms. The lowest BCUT2D eigenvalue weighted by molar-refractivity contribution is -0.122. The third-order valence-corrected chi connectivity index (χ3v) is 3.83. The molecule has 1 atom stereocenters. The Balaban J connectivity index is 1.58. The molecule has 0 spiro atoms. The molecule has 3 heterocycles. The van der Waals surface area contributed by atoms with Gasteiger partial charge in [0.1, 0.15) is 6.54 Å². The Morgan fingerprint density at radius 2 is 2.09 bits per heavy atom. The van der Waals surface area contributed by atoms with Crippen molar-refractivity contribution in [1.82, 2.24) is 19.9 Å². The number of anilines is 1. The predicted octanol–water partition coefficient (Wildman–Crippen LogP) is 0.423. The van der Waals surface area contributed by atoms with E-state index in [1.807, 2.05) is 0 Å². The largest absolute Gasteiger partial charge is 0.350 e. The lowest BCUT2D eigenvalue weighted by Gasteiger charge is -2.33. The van der Waals surface area contributed by atoms with Crippen molar-refractivity contribution in [2.24, 2.45) is 0 Å². The molecule has 0 unspecified atom stereocenters. The van der Waals surface area contributed by atoms with Crippen molar-refractivity contribution < 1.29 is 4.79 Å². The molecular formula is C16H19N5O2. The van der Waals surface area contributed by atoms with E-state index in [-0.39, 0.29) is 24.1 Å². The highest BCUT2D eigenvalue weighted by Gasteiger charge is 2.22. The fraction of sp³-hybridized carbons (Fsp3) is 0.375. The Kier molecular flexibility index (Phi) is 4.65. The highest BCUT2D eigenvalue weighted by molar-refractivity contribution is 5.76. The fourth-order valence-electron chi connectivity index (χ4n) is 2.75. The van der Waals surface area contributed by atoms with Gasteiger partial charge in [-0.25, -0.2) is 9.97 Å². The van der Waals surface area contributed by atoms with Crippen molar-refractivity contribution in [3.63, 3.8) is 0 Å². The minimum absolute atomic E-state index is 0.0397. The lowest BCUT2D eigenvalue weighted by atomic mass is 10.1. The van der Waals surface area contributed by atoms with E-state index in [1.54, 1.807) is 36.8 Å². The second-order valence-corrected chi connectivity index (χ2v) is 5.57. The monoisotopic (exact) mass is 313 g/mol. The van der Waals surface area contributed by atoms with E-state index >= 15 is 0 Å². The number of aromatic nitrogens is 3. The second kappa shape index (κ2) is 7.04. The molecule has 1 fully saturated rings. The number of hydrogen-bond acceptors (Lipinski definition) is 5. The molecule has 0 aliphatic carbocycles. The standard InChI is InChI=1S/C16H19N5O2/c22-14(12-20-9-2-1-6-15(20)23)19-13-5-3-10-21(11-13)16-17-7-4-8-18-16/h1-2,4,6-9,13H,3,5,10-12H2,(H,19,22)/t13-/m1/s1. The van der Waals surface area contributed by atoms with E-state index in [4.69, 9.17) is 0 Å². The fourth-order valence-corrected chi connectivity index (χ4v) is 2.75. The number of hydrogen-bond donors (Lipinski definition) is 1. The SMILES string of the molecule is O=C(Cn1ccccc1=O)N[C@@H]1CCCN(c2ncccn2)C1. The summed E-state index contributed by atoms with van der Waals surface area (Å²) in [6.45, 7) is 1.60. The maximum atomic E-state index is 12.2. The van der Waals surface area contributed by atoms with Crippen LogP contribution in [0.2, 0.25) is 0 Å². The van der Waals surface area contributed by atoms with Gasteiger partial charge in [-0.1, -0.05) is 6.07 Å². The van der Waals surface area contributed by atoms with Gasteiger partial charge in [0, 0.05) is 43.8 Å². The van der Waals surface area contributed by atoms with E-state index in [0.717, 1.165) is 19.4 Å². The highest BCUT2D eigenvalue weighted by Crippen LogP contribution is 2.15. The van der Waals surface area contributed by atoms with Crippen LogP contribution in [0.3, 0.4) is 0 Å². The average molecular weight is 313 g/mol. The summed E-state index contributed by atoms with van der Waals surface area (Å²) in [5.41, 5.74) is -0.175. The van der Waals surface area contributed by atoms with E-state index < -0.39 is 0 Å². The van der Waals surface area contributed by atoms with Crippen LogP contribution in [0.5, 0.6) is 0 Å². The zero-order chi connectivity index (χ0) is 16.1. The van der Waals surface area contributed by atoms with Gasteiger partial charge in [0.05, 0.1) is 0 Å². The molecule has 3 rings (SSSR count). The van der Waals surface area contributed by atoms with Crippen molar-refractivity contribution in [2.45, 2.75) is 25.4 Å². The number of amides is 1. The van der Waals surface area contributed by atoms with Crippen molar-refractivity contribution in [1.29, 1.82) is 0 Å². The number of piperidine rings is 1. The molecule has 7 nitrogen and oxygen atoms in total. The molecule has 0 aromatic carbocycles. The molecule has 1 aliphatic rings. The molecule has 2 aromatic heterocycles. The van der Waals surface area contributed by atoms with Crippen LogP contribution in [-0.2, 0) is 11.3 Å². The summed E-state index contributed by atoms with van der Waals surface area (Å²) < 4.78 is 1.40. The zero-order valence-corrected chi connectivity index (χ0v) is 12.8. The minimum Gasteiger partial charge on any atom is -0.350 e. The summed E-state index contributed by atoms with van der Waals surface area (Å²) in [4.78, 5) is 34.4. The van der Waals surface area contributed by atoms with Crippen molar-refractivity contribution in [2.75, 3.05) is 18.0 Å². The lowest BCUT2D eigenvalue weighted by Crippen LogP contribution is -2.49. The quantitative estimate of drug-likeness (QED) is 0.885. The zero-order valence-electron chi connectivity index (χ0n) is 12.8. The van der Waals surface area contributed by atoms with E-state index in [9.17, 15) is 9.59 Å². The first-order valence-corrected chi connectivity index (χ1v) is 7.69. The first kappa shape index (κ1) is 15.2. The second-order valence-electron chi connectivity index (χ2n) is 5.57. The number of rotatable bonds is 4. The van der Waals surface area contributed by atoms with Crippen molar-refractivity contribution >= 4 is 11.9 Å². The molecule has 1 N–H and O–H groups in total. The third kappa shape index (κ3) is 3.94.